The van der Waals surface area contributed by atoms with Crippen LogP contribution in [0.25, 0.3) is 0 Å². The van der Waals surface area contributed by atoms with E-state index >= 15 is 0 Å². The normalized spacial score (nSPS) is 18.8. The van der Waals surface area contributed by atoms with Crippen LogP contribution >= 0.6 is 0 Å². The molecule has 1 unspecified atom stereocenters. The first kappa shape index (κ1) is 16.1. The molecule has 1 heterocycles. The molecule has 1 saturated heterocycles. The maximum atomic E-state index is 9.96. The molecule has 1 aromatic carbocycles. The number of rotatable bonds is 6. The van der Waals surface area contributed by atoms with Crippen LogP contribution in [-0.2, 0) is 4.74 Å². The van der Waals surface area contributed by atoms with Crippen molar-refractivity contribution in [2.24, 2.45) is 5.73 Å². The summed E-state index contributed by atoms with van der Waals surface area (Å²) in [6.07, 6.45) is 3.22. The SMILES string of the molecule is CC(c1cc(O)ccc1O)N1CCC(OCCCN)CC1. The molecule has 4 N–H and O–H groups in total. The van der Waals surface area contributed by atoms with Gasteiger partial charge >= 0.3 is 0 Å². The summed E-state index contributed by atoms with van der Waals surface area (Å²) in [6.45, 7) is 5.34. The Morgan fingerprint density at radius 1 is 1.33 bits per heavy atom. The van der Waals surface area contributed by atoms with Crippen LogP contribution < -0.4 is 5.73 Å². The van der Waals surface area contributed by atoms with Gasteiger partial charge in [-0.05, 0) is 50.9 Å². The van der Waals surface area contributed by atoms with Gasteiger partial charge in [0.05, 0.1) is 6.10 Å². The van der Waals surface area contributed by atoms with Crippen molar-refractivity contribution in [3.05, 3.63) is 23.8 Å². The Hall–Kier alpha value is -1.30. The highest BCUT2D eigenvalue weighted by molar-refractivity contribution is 5.40. The van der Waals surface area contributed by atoms with Crippen LogP contribution in [0.1, 0.15) is 37.8 Å². The fraction of sp³-hybridized carbons (Fsp3) is 0.625. The minimum absolute atomic E-state index is 0.0853. The van der Waals surface area contributed by atoms with Gasteiger partial charge in [0.15, 0.2) is 0 Å². The van der Waals surface area contributed by atoms with Crippen LogP contribution in [0.5, 0.6) is 11.5 Å². The minimum atomic E-state index is 0.0853. The van der Waals surface area contributed by atoms with Gasteiger partial charge in [-0.15, -0.1) is 0 Å². The van der Waals surface area contributed by atoms with Crippen LogP contribution in [0.2, 0.25) is 0 Å². The summed E-state index contributed by atoms with van der Waals surface area (Å²) in [5, 5.41) is 19.5. The van der Waals surface area contributed by atoms with Crippen LogP contribution in [0.15, 0.2) is 18.2 Å². The number of hydrogen-bond acceptors (Lipinski definition) is 5. The lowest BCUT2D eigenvalue weighted by Gasteiger charge is -2.36. The highest BCUT2D eigenvalue weighted by Gasteiger charge is 2.25. The predicted molar refractivity (Wildman–Crippen MR) is 82.4 cm³/mol. The van der Waals surface area contributed by atoms with E-state index in [0.29, 0.717) is 12.6 Å². The number of likely N-dealkylation sites (tertiary alicyclic amines) is 1. The van der Waals surface area contributed by atoms with E-state index < -0.39 is 0 Å². The molecule has 0 aromatic heterocycles. The fourth-order valence-electron chi connectivity index (χ4n) is 2.84. The molecule has 2 rings (SSSR count). The lowest BCUT2D eigenvalue weighted by Crippen LogP contribution is -2.38. The standard InChI is InChI=1S/C16H26N2O3/c1-12(15-11-13(19)3-4-16(15)20)18-8-5-14(6-9-18)21-10-2-7-17/h3-4,11-12,14,19-20H,2,5-10,17H2,1H3. The first-order chi connectivity index (χ1) is 10.1. The summed E-state index contributed by atoms with van der Waals surface area (Å²) in [6, 6.07) is 4.78. The molecule has 5 nitrogen and oxygen atoms in total. The Kier molecular flexibility index (Phi) is 5.85. The molecule has 1 aromatic rings. The van der Waals surface area contributed by atoms with E-state index in [9.17, 15) is 10.2 Å². The summed E-state index contributed by atoms with van der Waals surface area (Å²) >= 11 is 0. The van der Waals surface area contributed by atoms with Crippen molar-refractivity contribution in [3.63, 3.8) is 0 Å². The van der Waals surface area contributed by atoms with E-state index in [4.69, 9.17) is 10.5 Å². The van der Waals surface area contributed by atoms with Gasteiger partial charge in [-0.25, -0.2) is 0 Å². The largest absolute Gasteiger partial charge is 0.508 e. The zero-order chi connectivity index (χ0) is 15.2. The molecule has 5 heteroatoms. The van der Waals surface area contributed by atoms with Crippen molar-refractivity contribution in [2.45, 2.75) is 38.3 Å². The van der Waals surface area contributed by atoms with Crippen molar-refractivity contribution in [3.8, 4) is 11.5 Å². The molecular formula is C16H26N2O3. The maximum Gasteiger partial charge on any atom is 0.120 e. The van der Waals surface area contributed by atoms with E-state index in [-0.39, 0.29) is 17.5 Å². The van der Waals surface area contributed by atoms with Crippen molar-refractivity contribution in [1.82, 2.24) is 4.90 Å². The molecule has 1 aliphatic heterocycles. The highest BCUT2D eigenvalue weighted by atomic mass is 16.5. The van der Waals surface area contributed by atoms with Crippen LogP contribution in [0, 0.1) is 0 Å². The Morgan fingerprint density at radius 2 is 2.05 bits per heavy atom. The number of nitrogens with two attached hydrogens (primary N) is 1. The Labute approximate surface area is 126 Å². The molecule has 1 fully saturated rings. The molecule has 0 spiro atoms. The van der Waals surface area contributed by atoms with E-state index in [1.54, 1.807) is 12.1 Å². The van der Waals surface area contributed by atoms with Crippen molar-refractivity contribution in [2.75, 3.05) is 26.2 Å². The fourth-order valence-corrected chi connectivity index (χ4v) is 2.84. The third kappa shape index (κ3) is 4.33. The van der Waals surface area contributed by atoms with Gasteiger partial charge in [-0.3, -0.25) is 4.90 Å². The zero-order valence-corrected chi connectivity index (χ0v) is 12.7. The topological polar surface area (TPSA) is 79.0 Å². The third-order valence-corrected chi connectivity index (χ3v) is 4.19. The molecular weight excluding hydrogens is 268 g/mol. The summed E-state index contributed by atoms with van der Waals surface area (Å²) in [5.41, 5.74) is 6.24. The van der Waals surface area contributed by atoms with E-state index in [1.807, 2.05) is 0 Å². The quantitative estimate of drug-likeness (QED) is 0.552. The second kappa shape index (κ2) is 7.64. The Morgan fingerprint density at radius 3 is 2.71 bits per heavy atom. The Bertz CT molecular complexity index is 445. The zero-order valence-electron chi connectivity index (χ0n) is 12.7. The van der Waals surface area contributed by atoms with Gasteiger partial charge in [0.2, 0.25) is 0 Å². The van der Waals surface area contributed by atoms with E-state index in [2.05, 4.69) is 11.8 Å². The second-order valence-electron chi connectivity index (χ2n) is 5.67. The summed E-state index contributed by atoms with van der Waals surface area (Å²) in [4.78, 5) is 2.32. The average molecular weight is 294 g/mol. The smallest absolute Gasteiger partial charge is 0.120 e. The van der Waals surface area contributed by atoms with Crippen molar-refractivity contribution >= 4 is 0 Å². The molecule has 1 aliphatic rings. The molecule has 0 saturated carbocycles. The first-order valence-electron chi connectivity index (χ1n) is 7.69. The van der Waals surface area contributed by atoms with Gasteiger partial charge in [0.25, 0.3) is 0 Å². The molecule has 0 aliphatic carbocycles. The number of phenolic OH excluding ortho intramolecular Hbond substituents is 2. The van der Waals surface area contributed by atoms with Crippen molar-refractivity contribution < 1.29 is 14.9 Å². The van der Waals surface area contributed by atoms with Gasteiger partial charge in [0, 0.05) is 31.3 Å². The number of piperidine rings is 1. The number of hydrogen-bond donors (Lipinski definition) is 3. The average Bonchev–Trinajstić information content (AvgIpc) is 2.50. The van der Waals surface area contributed by atoms with Crippen LogP contribution in [0.3, 0.4) is 0 Å². The number of nitrogens with zero attached hydrogens (tertiary/aromatic N) is 1. The van der Waals surface area contributed by atoms with Crippen LogP contribution in [0.4, 0.5) is 0 Å². The molecule has 118 valence electrons. The lowest BCUT2D eigenvalue weighted by molar-refractivity contribution is -0.000933. The molecule has 0 amide bonds. The second-order valence-corrected chi connectivity index (χ2v) is 5.67. The van der Waals surface area contributed by atoms with Gasteiger partial charge in [-0.2, -0.15) is 0 Å². The lowest BCUT2D eigenvalue weighted by atomic mass is 10.0. The first-order valence-corrected chi connectivity index (χ1v) is 7.69. The third-order valence-electron chi connectivity index (χ3n) is 4.19. The van der Waals surface area contributed by atoms with E-state index in [0.717, 1.165) is 44.5 Å². The summed E-state index contributed by atoms with van der Waals surface area (Å²) < 4.78 is 5.80. The number of benzene rings is 1. The number of aromatic hydroxyl groups is 2. The minimum Gasteiger partial charge on any atom is -0.508 e. The summed E-state index contributed by atoms with van der Waals surface area (Å²) in [5.74, 6) is 0.427. The molecule has 1 atom stereocenters. The molecule has 0 bridgehead atoms. The number of phenols is 2. The molecule has 0 radical (unpaired) electrons. The van der Waals surface area contributed by atoms with Gasteiger partial charge in [-0.1, -0.05) is 0 Å². The molecule has 21 heavy (non-hydrogen) atoms. The number of ether oxygens (including phenoxy) is 1. The predicted octanol–water partition coefficient (Wildman–Crippen LogP) is 1.99. The summed E-state index contributed by atoms with van der Waals surface area (Å²) in [7, 11) is 0. The van der Waals surface area contributed by atoms with Gasteiger partial charge < -0.3 is 20.7 Å². The maximum absolute atomic E-state index is 9.96. The van der Waals surface area contributed by atoms with Crippen molar-refractivity contribution in [1.29, 1.82) is 0 Å². The van der Waals surface area contributed by atoms with Crippen LogP contribution in [-0.4, -0.2) is 47.5 Å². The Balaban J connectivity index is 1.88. The van der Waals surface area contributed by atoms with E-state index in [1.165, 1.54) is 6.07 Å². The monoisotopic (exact) mass is 294 g/mol. The highest BCUT2D eigenvalue weighted by Crippen LogP contribution is 2.33. The van der Waals surface area contributed by atoms with Gasteiger partial charge in [0.1, 0.15) is 11.5 Å².